The molecule has 1 rings (SSSR count). The Labute approximate surface area is 102 Å². The number of amides is 2. The highest BCUT2D eigenvalue weighted by atomic mass is 16.2. The molecule has 0 aliphatic heterocycles. The Morgan fingerprint density at radius 3 is 2.41 bits per heavy atom. The maximum Gasteiger partial charge on any atom is 0.240 e. The van der Waals surface area contributed by atoms with Crippen molar-refractivity contribution in [1.82, 2.24) is 10.6 Å². The first-order chi connectivity index (χ1) is 8.00. The lowest BCUT2D eigenvalue weighted by Crippen LogP contribution is -2.44. The molecule has 1 fully saturated rings. The molecule has 5 nitrogen and oxygen atoms in total. The zero-order valence-corrected chi connectivity index (χ0v) is 10.4. The molecule has 0 spiro atoms. The van der Waals surface area contributed by atoms with Gasteiger partial charge in [0.1, 0.15) is 5.41 Å². The third kappa shape index (κ3) is 3.45. The summed E-state index contributed by atoms with van der Waals surface area (Å²) in [4.78, 5) is 23.2. The van der Waals surface area contributed by atoms with E-state index in [-0.39, 0.29) is 24.4 Å². The fraction of sp³-hybridized carbons (Fsp3) is 0.750. The van der Waals surface area contributed by atoms with Gasteiger partial charge in [0.15, 0.2) is 0 Å². The van der Waals surface area contributed by atoms with E-state index in [0.717, 1.165) is 12.8 Å². The minimum atomic E-state index is -0.905. The second-order valence-corrected chi connectivity index (χ2v) is 4.81. The molecule has 17 heavy (non-hydrogen) atoms. The average Bonchev–Trinajstić information content (AvgIpc) is 2.74. The molecule has 2 amide bonds. The second-order valence-electron chi connectivity index (χ2n) is 4.81. The van der Waals surface area contributed by atoms with Crippen LogP contribution in [0.5, 0.6) is 0 Å². The van der Waals surface area contributed by atoms with E-state index in [1.807, 2.05) is 13.8 Å². The first-order valence-electron chi connectivity index (χ1n) is 5.99. The topological polar surface area (TPSA) is 82.0 Å². The molecule has 0 aromatic rings. The summed E-state index contributed by atoms with van der Waals surface area (Å²) in [6, 6.07) is 2.15. The molecular formula is C12H19N3O2. The van der Waals surface area contributed by atoms with Gasteiger partial charge in [-0.1, -0.05) is 12.8 Å². The Morgan fingerprint density at radius 1 is 1.35 bits per heavy atom. The van der Waals surface area contributed by atoms with Crippen LogP contribution in [0.3, 0.4) is 0 Å². The molecule has 2 N–H and O–H groups in total. The predicted octanol–water partition coefficient (Wildman–Crippen LogP) is 0.711. The van der Waals surface area contributed by atoms with Crippen LogP contribution < -0.4 is 10.6 Å². The fourth-order valence-electron chi connectivity index (χ4n) is 2.07. The number of nitriles is 1. The van der Waals surface area contributed by atoms with Crippen LogP contribution in [0.2, 0.25) is 0 Å². The monoisotopic (exact) mass is 237 g/mol. The van der Waals surface area contributed by atoms with E-state index in [1.165, 1.54) is 0 Å². The van der Waals surface area contributed by atoms with Gasteiger partial charge in [0, 0.05) is 6.04 Å². The van der Waals surface area contributed by atoms with E-state index >= 15 is 0 Å². The van der Waals surface area contributed by atoms with Crippen LogP contribution in [0.4, 0.5) is 0 Å². The Hall–Kier alpha value is -1.57. The summed E-state index contributed by atoms with van der Waals surface area (Å²) in [5, 5.41) is 14.3. The summed E-state index contributed by atoms with van der Waals surface area (Å²) >= 11 is 0. The molecule has 0 heterocycles. The van der Waals surface area contributed by atoms with Gasteiger partial charge in [-0.3, -0.25) is 9.59 Å². The molecule has 1 aliphatic rings. The predicted molar refractivity (Wildman–Crippen MR) is 62.8 cm³/mol. The lowest BCUT2D eigenvalue weighted by atomic mass is 9.87. The van der Waals surface area contributed by atoms with Crippen molar-refractivity contribution in [2.45, 2.75) is 45.6 Å². The number of hydrogen-bond acceptors (Lipinski definition) is 3. The van der Waals surface area contributed by atoms with Crippen LogP contribution in [0.15, 0.2) is 0 Å². The maximum atomic E-state index is 11.9. The number of nitrogens with one attached hydrogen (secondary N) is 2. The van der Waals surface area contributed by atoms with Gasteiger partial charge in [0.2, 0.25) is 11.8 Å². The smallest absolute Gasteiger partial charge is 0.240 e. The van der Waals surface area contributed by atoms with Crippen LogP contribution in [-0.2, 0) is 9.59 Å². The molecule has 1 saturated carbocycles. The highest BCUT2D eigenvalue weighted by Crippen LogP contribution is 2.37. The van der Waals surface area contributed by atoms with E-state index in [1.54, 1.807) is 0 Å². The quantitative estimate of drug-likeness (QED) is 0.755. The molecule has 0 aromatic carbocycles. The first kappa shape index (κ1) is 13.5. The van der Waals surface area contributed by atoms with Gasteiger partial charge in [-0.05, 0) is 26.7 Å². The summed E-state index contributed by atoms with van der Waals surface area (Å²) in [6.45, 7) is 3.65. The molecule has 0 atom stereocenters. The van der Waals surface area contributed by atoms with Crippen LogP contribution in [0.1, 0.15) is 39.5 Å². The van der Waals surface area contributed by atoms with E-state index in [9.17, 15) is 9.59 Å². The van der Waals surface area contributed by atoms with Crippen molar-refractivity contribution in [1.29, 1.82) is 5.26 Å². The lowest BCUT2D eigenvalue weighted by Gasteiger charge is -2.19. The molecule has 0 radical (unpaired) electrons. The summed E-state index contributed by atoms with van der Waals surface area (Å²) in [6.07, 6.45) is 3.00. The highest BCUT2D eigenvalue weighted by Gasteiger charge is 2.41. The second kappa shape index (κ2) is 5.67. The third-order valence-corrected chi connectivity index (χ3v) is 2.96. The number of carbonyl (C=O) groups excluding carboxylic acids is 2. The normalized spacial score (nSPS) is 17.5. The van der Waals surface area contributed by atoms with Crippen molar-refractivity contribution in [3.05, 3.63) is 0 Å². The number of rotatable bonds is 4. The van der Waals surface area contributed by atoms with Gasteiger partial charge in [-0.25, -0.2) is 0 Å². The molecule has 0 unspecified atom stereocenters. The van der Waals surface area contributed by atoms with Crippen molar-refractivity contribution < 1.29 is 9.59 Å². The van der Waals surface area contributed by atoms with Crippen LogP contribution in [-0.4, -0.2) is 24.4 Å². The molecule has 1 aliphatic carbocycles. The third-order valence-electron chi connectivity index (χ3n) is 2.96. The van der Waals surface area contributed by atoms with Crippen LogP contribution in [0, 0.1) is 16.7 Å². The van der Waals surface area contributed by atoms with E-state index in [4.69, 9.17) is 5.26 Å². The van der Waals surface area contributed by atoms with Gasteiger partial charge in [-0.15, -0.1) is 0 Å². The lowest BCUT2D eigenvalue weighted by molar-refractivity contribution is -0.130. The summed E-state index contributed by atoms with van der Waals surface area (Å²) < 4.78 is 0. The Kier molecular flexibility index (Phi) is 4.50. The van der Waals surface area contributed by atoms with E-state index in [0.29, 0.717) is 12.8 Å². The molecule has 94 valence electrons. The highest BCUT2D eigenvalue weighted by molar-refractivity contribution is 5.89. The molecule has 0 saturated heterocycles. The molecular weight excluding hydrogens is 218 g/mol. The minimum absolute atomic E-state index is 0.0517. The summed E-state index contributed by atoms with van der Waals surface area (Å²) in [5.74, 6) is -0.532. The Morgan fingerprint density at radius 2 is 1.94 bits per heavy atom. The van der Waals surface area contributed by atoms with E-state index in [2.05, 4.69) is 16.7 Å². The molecule has 0 aromatic heterocycles. The van der Waals surface area contributed by atoms with Crippen molar-refractivity contribution in [3.8, 4) is 6.07 Å². The van der Waals surface area contributed by atoms with Gasteiger partial charge in [0.25, 0.3) is 0 Å². The minimum Gasteiger partial charge on any atom is -0.352 e. The van der Waals surface area contributed by atoms with Crippen molar-refractivity contribution in [2.24, 2.45) is 5.41 Å². The van der Waals surface area contributed by atoms with Crippen molar-refractivity contribution in [3.63, 3.8) is 0 Å². The number of nitrogens with zero attached hydrogens (tertiary/aromatic N) is 1. The SMILES string of the molecule is CC(C)NC(=O)CNC(=O)C1(C#N)CCCC1. The summed E-state index contributed by atoms with van der Waals surface area (Å²) in [5.41, 5.74) is -0.905. The van der Waals surface area contributed by atoms with Crippen LogP contribution in [0.25, 0.3) is 0 Å². The van der Waals surface area contributed by atoms with Gasteiger partial charge >= 0.3 is 0 Å². The van der Waals surface area contributed by atoms with Gasteiger partial charge < -0.3 is 10.6 Å². The fourth-order valence-corrected chi connectivity index (χ4v) is 2.07. The van der Waals surface area contributed by atoms with Crippen molar-refractivity contribution >= 4 is 11.8 Å². The standard InChI is InChI=1S/C12H19N3O2/c1-9(2)15-10(16)7-14-11(17)12(8-13)5-3-4-6-12/h9H,3-7H2,1-2H3,(H,14,17)(H,15,16). The van der Waals surface area contributed by atoms with Crippen LogP contribution >= 0.6 is 0 Å². The maximum absolute atomic E-state index is 11.9. The number of carbonyl (C=O) groups is 2. The zero-order chi connectivity index (χ0) is 12.9. The number of hydrogen-bond donors (Lipinski definition) is 2. The van der Waals surface area contributed by atoms with Gasteiger partial charge in [-0.2, -0.15) is 5.26 Å². The van der Waals surface area contributed by atoms with Gasteiger partial charge in [0.05, 0.1) is 12.6 Å². The first-order valence-corrected chi connectivity index (χ1v) is 5.99. The molecule has 5 heteroatoms. The largest absolute Gasteiger partial charge is 0.352 e. The van der Waals surface area contributed by atoms with Crippen molar-refractivity contribution in [2.75, 3.05) is 6.54 Å². The average molecular weight is 237 g/mol. The summed E-state index contributed by atoms with van der Waals surface area (Å²) in [7, 11) is 0. The van der Waals surface area contributed by atoms with E-state index < -0.39 is 5.41 Å². The zero-order valence-electron chi connectivity index (χ0n) is 10.4. The Balaban J connectivity index is 2.44. The Bertz CT molecular complexity index is 338. The molecule has 0 bridgehead atoms.